The summed E-state index contributed by atoms with van der Waals surface area (Å²) < 4.78 is 7.37. The van der Waals surface area contributed by atoms with Crippen LogP contribution >= 0.6 is 0 Å². The fraction of sp³-hybridized carbons (Fsp3) is 0.438. The molecule has 1 unspecified atom stereocenters. The number of likely N-dealkylation sites (tertiary alicyclic amines) is 1. The third-order valence-electron chi connectivity index (χ3n) is 7.40. The zero-order valence-corrected chi connectivity index (χ0v) is 24.0. The van der Waals surface area contributed by atoms with Gasteiger partial charge in [-0.1, -0.05) is 45.6 Å². The molecule has 0 N–H and O–H groups in total. The van der Waals surface area contributed by atoms with E-state index >= 15 is 0 Å². The van der Waals surface area contributed by atoms with Gasteiger partial charge < -0.3 is 9.64 Å². The Morgan fingerprint density at radius 2 is 1.92 bits per heavy atom. The predicted molar refractivity (Wildman–Crippen MR) is 158 cm³/mol. The van der Waals surface area contributed by atoms with Crippen molar-refractivity contribution in [2.45, 2.75) is 72.3 Å². The Labute approximate surface area is 232 Å². The SMILES string of the molecule is C=Cc1cc(OC)c(C(=O)N2CCCC[C@H]2c2cc3nc(C)c(C)cn3n2)cc1C=C.CCCC(C#N)CC. The molecule has 0 saturated carbocycles. The van der Waals surface area contributed by atoms with Gasteiger partial charge in [-0.05, 0) is 74.8 Å². The number of benzene rings is 1. The molecule has 0 aliphatic carbocycles. The molecule has 1 saturated heterocycles. The van der Waals surface area contributed by atoms with Crippen molar-refractivity contribution in [3.63, 3.8) is 0 Å². The molecule has 1 aliphatic heterocycles. The van der Waals surface area contributed by atoms with E-state index in [1.165, 1.54) is 0 Å². The molecule has 2 atom stereocenters. The molecule has 1 aromatic carbocycles. The van der Waals surface area contributed by atoms with E-state index in [-0.39, 0.29) is 11.9 Å². The minimum Gasteiger partial charge on any atom is -0.496 e. The highest BCUT2D eigenvalue weighted by molar-refractivity contribution is 5.98. The zero-order valence-electron chi connectivity index (χ0n) is 24.0. The number of rotatable bonds is 8. The quantitative estimate of drug-likeness (QED) is 0.306. The third-order valence-corrected chi connectivity index (χ3v) is 7.40. The molecule has 1 amide bonds. The Morgan fingerprint density at radius 1 is 1.21 bits per heavy atom. The van der Waals surface area contributed by atoms with Gasteiger partial charge in [-0.15, -0.1) is 0 Å². The van der Waals surface area contributed by atoms with Crippen LogP contribution in [0.25, 0.3) is 17.8 Å². The topological polar surface area (TPSA) is 83.5 Å². The Hall–Kier alpha value is -3.92. The molecule has 7 nitrogen and oxygen atoms in total. The van der Waals surface area contributed by atoms with E-state index in [1.54, 1.807) is 19.3 Å². The number of piperidine rings is 1. The van der Waals surface area contributed by atoms with Crippen LogP contribution in [0.15, 0.2) is 37.6 Å². The average molecular weight is 528 g/mol. The standard InChI is InChI=1S/C25H28N4O2.C7H13N/c1-6-18-12-20(23(31-5)13-19(18)7-2)25(30)28-11-9-8-10-22(28)21-14-24-26-17(4)16(3)15-29(24)27-21;1-3-5-7(4-2)6-8/h6-7,12-15,22H,1-2,8-11H2,3-5H3;7H,3-5H2,1-2H3/t22-;/m0./s1. The normalized spacial score (nSPS) is 15.6. The van der Waals surface area contributed by atoms with Crippen LogP contribution in [0.3, 0.4) is 0 Å². The molecule has 39 heavy (non-hydrogen) atoms. The van der Waals surface area contributed by atoms with Crippen molar-refractivity contribution in [2.75, 3.05) is 13.7 Å². The predicted octanol–water partition coefficient (Wildman–Crippen LogP) is 7.34. The molecular formula is C32H41N5O2. The third kappa shape index (κ3) is 6.75. The number of aryl methyl sites for hydroxylation is 2. The van der Waals surface area contributed by atoms with Gasteiger partial charge >= 0.3 is 0 Å². The Morgan fingerprint density at radius 3 is 2.51 bits per heavy atom. The Bertz CT molecular complexity index is 1330. The molecular weight excluding hydrogens is 486 g/mol. The zero-order chi connectivity index (χ0) is 28.5. The molecule has 0 spiro atoms. The summed E-state index contributed by atoms with van der Waals surface area (Å²) >= 11 is 0. The van der Waals surface area contributed by atoms with Gasteiger partial charge in [0.1, 0.15) is 5.75 Å². The number of hydrogen-bond acceptors (Lipinski definition) is 5. The molecule has 206 valence electrons. The number of carbonyl (C=O) groups excluding carboxylic acids is 1. The Kier molecular flexibility index (Phi) is 10.4. The fourth-order valence-electron chi connectivity index (χ4n) is 4.93. The van der Waals surface area contributed by atoms with Crippen LogP contribution in [-0.2, 0) is 0 Å². The van der Waals surface area contributed by atoms with E-state index in [1.807, 2.05) is 47.7 Å². The Balaban J connectivity index is 0.000000459. The van der Waals surface area contributed by atoms with Crippen molar-refractivity contribution in [1.82, 2.24) is 19.5 Å². The number of methoxy groups -OCH3 is 1. The monoisotopic (exact) mass is 527 g/mol. The van der Waals surface area contributed by atoms with Crippen LogP contribution in [0.4, 0.5) is 0 Å². The summed E-state index contributed by atoms with van der Waals surface area (Å²) in [6.07, 6.45) is 11.6. The minimum atomic E-state index is -0.0977. The first-order chi connectivity index (χ1) is 18.8. The first-order valence-corrected chi connectivity index (χ1v) is 13.8. The maximum atomic E-state index is 13.7. The number of nitrogens with zero attached hydrogens (tertiary/aromatic N) is 5. The number of nitriles is 1. The number of hydrogen-bond donors (Lipinski definition) is 0. The minimum absolute atomic E-state index is 0.0577. The summed E-state index contributed by atoms with van der Waals surface area (Å²) in [5.74, 6) is 0.787. The van der Waals surface area contributed by atoms with Crippen LogP contribution in [-0.4, -0.2) is 39.1 Å². The highest BCUT2D eigenvalue weighted by atomic mass is 16.5. The molecule has 1 fully saturated rings. The summed E-state index contributed by atoms with van der Waals surface area (Å²) in [6.45, 7) is 16.6. The van der Waals surface area contributed by atoms with Crippen molar-refractivity contribution >= 4 is 23.7 Å². The summed E-state index contributed by atoms with van der Waals surface area (Å²) in [5, 5.41) is 13.2. The molecule has 1 aliphatic rings. The van der Waals surface area contributed by atoms with Crippen LogP contribution < -0.4 is 4.74 Å². The molecule has 3 aromatic rings. The van der Waals surface area contributed by atoms with Crippen LogP contribution in [0, 0.1) is 31.1 Å². The lowest BCUT2D eigenvalue weighted by Crippen LogP contribution is -2.39. The van der Waals surface area contributed by atoms with Gasteiger partial charge in [-0.3, -0.25) is 4.79 Å². The maximum Gasteiger partial charge on any atom is 0.258 e. The maximum absolute atomic E-state index is 13.7. The van der Waals surface area contributed by atoms with Gasteiger partial charge in [0.2, 0.25) is 0 Å². The number of ether oxygens (including phenoxy) is 1. The second kappa shape index (κ2) is 13.7. The summed E-state index contributed by atoms with van der Waals surface area (Å²) in [5.41, 5.74) is 6.02. The van der Waals surface area contributed by atoms with Gasteiger partial charge in [0.25, 0.3) is 5.91 Å². The highest BCUT2D eigenvalue weighted by Gasteiger charge is 2.32. The largest absolute Gasteiger partial charge is 0.496 e. The smallest absolute Gasteiger partial charge is 0.258 e. The van der Waals surface area contributed by atoms with E-state index in [0.29, 0.717) is 23.8 Å². The molecule has 2 aromatic heterocycles. The first-order valence-electron chi connectivity index (χ1n) is 13.8. The molecule has 4 rings (SSSR count). The second-order valence-corrected chi connectivity index (χ2v) is 10.0. The summed E-state index contributed by atoms with van der Waals surface area (Å²) in [7, 11) is 1.58. The highest BCUT2D eigenvalue weighted by Crippen LogP contribution is 2.34. The van der Waals surface area contributed by atoms with Gasteiger partial charge in [-0.2, -0.15) is 10.4 Å². The van der Waals surface area contributed by atoms with Gasteiger partial charge in [0.15, 0.2) is 5.65 Å². The fourth-order valence-corrected chi connectivity index (χ4v) is 4.93. The van der Waals surface area contributed by atoms with Crippen molar-refractivity contribution in [3.05, 3.63) is 71.2 Å². The van der Waals surface area contributed by atoms with Crippen molar-refractivity contribution in [3.8, 4) is 11.8 Å². The van der Waals surface area contributed by atoms with E-state index < -0.39 is 0 Å². The van der Waals surface area contributed by atoms with Crippen molar-refractivity contribution in [2.24, 2.45) is 5.92 Å². The average Bonchev–Trinajstić information content (AvgIpc) is 3.37. The van der Waals surface area contributed by atoms with E-state index in [9.17, 15) is 4.79 Å². The number of carbonyl (C=O) groups is 1. The van der Waals surface area contributed by atoms with E-state index in [4.69, 9.17) is 15.1 Å². The van der Waals surface area contributed by atoms with Crippen LogP contribution in [0.5, 0.6) is 5.75 Å². The van der Waals surface area contributed by atoms with Crippen LogP contribution in [0.2, 0.25) is 0 Å². The number of fused-ring (bicyclic) bond motifs is 1. The second-order valence-electron chi connectivity index (χ2n) is 10.0. The summed E-state index contributed by atoms with van der Waals surface area (Å²) in [6, 6.07) is 7.84. The van der Waals surface area contributed by atoms with E-state index in [0.717, 1.165) is 72.3 Å². The van der Waals surface area contributed by atoms with Crippen molar-refractivity contribution < 1.29 is 9.53 Å². The van der Waals surface area contributed by atoms with Crippen molar-refractivity contribution in [1.29, 1.82) is 5.26 Å². The van der Waals surface area contributed by atoms with Crippen LogP contribution in [0.1, 0.15) is 96.9 Å². The molecule has 0 bridgehead atoms. The molecule has 7 heteroatoms. The summed E-state index contributed by atoms with van der Waals surface area (Å²) in [4.78, 5) is 20.3. The number of aromatic nitrogens is 3. The first kappa shape index (κ1) is 29.6. The van der Waals surface area contributed by atoms with Gasteiger partial charge in [0.05, 0.1) is 30.5 Å². The lowest BCUT2D eigenvalue weighted by Gasteiger charge is -2.35. The van der Waals surface area contributed by atoms with E-state index in [2.05, 4.69) is 38.1 Å². The number of amides is 1. The van der Waals surface area contributed by atoms with Gasteiger partial charge in [-0.25, -0.2) is 9.50 Å². The lowest BCUT2D eigenvalue weighted by molar-refractivity contribution is 0.0602. The van der Waals surface area contributed by atoms with Gasteiger partial charge in [0, 0.05) is 30.4 Å². The molecule has 0 radical (unpaired) electrons. The molecule has 3 heterocycles. The lowest BCUT2D eigenvalue weighted by atomic mass is 9.96.